The number of rotatable bonds is 4. The van der Waals surface area contributed by atoms with Gasteiger partial charge in [-0.1, -0.05) is 60.1 Å². The quantitative estimate of drug-likeness (QED) is 0.158. The monoisotopic (exact) mass is 718 g/mol. The first kappa shape index (κ1) is 39.5. The van der Waals surface area contributed by atoms with Gasteiger partial charge in [0.05, 0.1) is 34.9 Å². The Balaban J connectivity index is 1.87. The molecule has 1 aliphatic heterocycles. The predicted molar refractivity (Wildman–Crippen MR) is 217 cm³/mol. The number of phenolic OH excluding ortho intramolecular Hbond substituents is 4. The van der Waals surface area contributed by atoms with E-state index in [0.29, 0.717) is 44.5 Å². The van der Waals surface area contributed by atoms with Crippen molar-refractivity contribution in [3.63, 3.8) is 0 Å². The lowest BCUT2D eigenvalue weighted by atomic mass is 9.79. The number of hydrogen-bond acceptors (Lipinski definition) is 5. The first-order valence-electron chi connectivity index (χ1n) is 18.1. The summed E-state index contributed by atoms with van der Waals surface area (Å²) in [5, 5.41) is 47.5. The van der Waals surface area contributed by atoms with Crippen LogP contribution in [0.5, 0.6) is 23.0 Å². The Kier molecular flexibility index (Phi) is 10.4. The molecule has 54 heavy (non-hydrogen) atoms. The summed E-state index contributed by atoms with van der Waals surface area (Å²) in [6.07, 6.45) is 24.5. The zero-order valence-corrected chi connectivity index (χ0v) is 32.7. The Morgan fingerprint density at radius 1 is 0.389 bits per heavy atom. The summed E-state index contributed by atoms with van der Waals surface area (Å²) >= 11 is 0. The van der Waals surface area contributed by atoms with Crippen molar-refractivity contribution in [2.24, 2.45) is 0 Å². The van der Waals surface area contributed by atoms with Gasteiger partial charge in [-0.05, 0) is 123 Å². The Labute approximate surface area is 321 Å². The molecule has 1 heterocycles. The summed E-state index contributed by atoms with van der Waals surface area (Å²) in [7, 11) is 0. The minimum Gasteiger partial charge on any atom is -0.507 e. The van der Waals surface area contributed by atoms with E-state index in [1.165, 1.54) is 0 Å². The smallest absolute Gasteiger partial charge is 0.124 e. The number of aromatic hydroxyl groups is 4. The lowest BCUT2D eigenvalue weighted by Gasteiger charge is -2.25. The topological polar surface area (TPSA) is 90.2 Å². The molecule has 4 aromatic carbocycles. The second kappa shape index (κ2) is 14.3. The van der Waals surface area contributed by atoms with E-state index >= 15 is 0 Å². The molecule has 0 atom stereocenters. The molecule has 0 radical (unpaired) electrons. The van der Waals surface area contributed by atoms with Gasteiger partial charge in [0.15, 0.2) is 0 Å². The first-order chi connectivity index (χ1) is 25.2. The van der Waals surface area contributed by atoms with Crippen LogP contribution in [0.3, 0.4) is 0 Å². The van der Waals surface area contributed by atoms with Crippen molar-refractivity contribution in [1.29, 1.82) is 0 Å². The second-order valence-corrected chi connectivity index (χ2v) is 16.7. The Morgan fingerprint density at radius 3 is 0.778 bits per heavy atom. The van der Waals surface area contributed by atoms with Crippen molar-refractivity contribution in [3.8, 4) is 72.4 Å². The van der Waals surface area contributed by atoms with Crippen LogP contribution in [0.1, 0.15) is 122 Å². The van der Waals surface area contributed by atoms with Crippen molar-refractivity contribution in [1.82, 2.24) is 0 Å². The molecule has 276 valence electrons. The molecule has 0 fully saturated rings. The molecule has 8 bridgehead atoms. The predicted octanol–water partition coefficient (Wildman–Crippen LogP) is 8.95. The van der Waals surface area contributed by atoms with Gasteiger partial charge in [-0.3, -0.25) is 0 Å². The van der Waals surface area contributed by atoms with Crippen LogP contribution in [0.2, 0.25) is 0 Å². The van der Waals surface area contributed by atoms with E-state index in [-0.39, 0.29) is 55.5 Å². The maximum Gasteiger partial charge on any atom is 0.124 e. The minimum atomic E-state index is -0.713. The molecule has 0 saturated heterocycles. The molecule has 0 aromatic heterocycles. The van der Waals surface area contributed by atoms with Crippen LogP contribution < -0.4 is 0 Å². The number of phenols is 4. The summed E-state index contributed by atoms with van der Waals surface area (Å²) in [5.74, 6) is 11.5. The SMILES string of the molecule is C#CC(C)(C)c1cc2c(O)c(c1)Cc1cc(C(C)(C)C#C)cc(c1O)Cc1cc(C(C)(C)C#C)cc(c1O)Cc1cc(C(C)(C)C#C)cc(c1O)COC2. The van der Waals surface area contributed by atoms with Crippen molar-refractivity contribution >= 4 is 0 Å². The zero-order chi connectivity index (χ0) is 40.0. The number of ether oxygens (including phenoxy) is 1. The fraction of sp³-hybridized carbons (Fsp3) is 0.347. The molecule has 4 aromatic rings. The summed E-state index contributed by atoms with van der Waals surface area (Å²) in [5.41, 5.74) is 4.62. The van der Waals surface area contributed by atoms with Gasteiger partial charge >= 0.3 is 0 Å². The fourth-order valence-electron chi connectivity index (χ4n) is 6.73. The first-order valence-corrected chi connectivity index (χ1v) is 18.1. The van der Waals surface area contributed by atoms with Crippen molar-refractivity contribution < 1.29 is 25.2 Å². The third kappa shape index (κ3) is 7.53. The van der Waals surface area contributed by atoms with Gasteiger partial charge < -0.3 is 25.2 Å². The van der Waals surface area contributed by atoms with Crippen LogP contribution >= 0.6 is 0 Å². The summed E-state index contributed by atoms with van der Waals surface area (Å²) in [6.45, 7) is 15.4. The van der Waals surface area contributed by atoms with Gasteiger partial charge in [-0.2, -0.15) is 0 Å². The third-order valence-electron chi connectivity index (χ3n) is 11.1. The Bertz CT molecular complexity index is 2160. The fourth-order valence-corrected chi connectivity index (χ4v) is 6.73. The van der Waals surface area contributed by atoms with Gasteiger partial charge in [-0.25, -0.2) is 0 Å². The molecule has 5 heteroatoms. The van der Waals surface area contributed by atoms with E-state index in [9.17, 15) is 20.4 Å². The van der Waals surface area contributed by atoms with Crippen LogP contribution in [0.4, 0.5) is 0 Å². The lowest BCUT2D eigenvalue weighted by molar-refractivity contribution is 0.103. The Hall–Kier alpha value is -5.72. The molecule has 5 nitrogen and oxygen atoms in total. The number of terminal acetylenes is 4. The van der Waals surface area contributed by atoms with Gasteiger partial charge in [0, 0.05) is 30.4 Å². The zero-order valence-electron chi connectivity index (χ0n) is 32.7. The Morgan fingerprint density at radius 2 is 0.574 bits per heavy atom. The molecule has 0 amide bonds. The largest absolute Gasteiger partial charge is 0.507 e. The molecule has 1 aliphatic rings. The average molecular weight is 719 g/mol. The molecule has 4 N–H and O–H groups in total. The van der Waals surface area contributed by atoms with E-state index in [2.05, 4.69) is 23.7 Å². The summed E-state index contributed by atoms with van der Waals surface area (Å²) < 4.78 is 6.25. The van der Waals surface area contributed by atoms with Gasteiger partial charge in [0.25, 0.3) is 0 Å². The van der Waals surface area contributed by atoms with E-state index in [0.717, 1.165) is 22.3 Å². The van der Waals surface area contributed by atoms with Crippen molar-refractivity contribution in [2.45, 2.75) is 110 Å². The molecule has 0 unspecified atom stereocenters. The molecule has 0 spiro atoms. The van der Waals surface area contributed by atoms with Gasteiger partial charge in [0.2, 0.25) is 0 Å². The standard InChI is InChI=1S/C49H50O5/c1-13-46(5,6)38-20-30-17-31-21-39(47(7,8)14-2)23-33(43(31)51)19-35-25-41(49(11,12)16-4)27-37(45(35)53)29-54-28-36-26-40(48(9,10)15-3)24-34(44(36)52)18-32(22-38)42(30)50/h1-4,20-27,50-53H,17-19,28-29H2,5-12H3. The van der Waals surface area contributed by atoms with E-state index in [1.807, 2.05) is 104 Å². The highest BCUT2D eigenvalue weighted by Gasteiger charge is 2.28. The number of benzene rings is 4. The highest BCUT2D eigenvalue weighted by Crippen LogP contribution is 2.42. The second-order valence-electron chi connectivity index (χ2n) is 16.7. The van der Waals surface area contributed by atoms with Gasteiger partial charge in [0.1, 0.15) is 23.0 Å². The maximum absolute atomic E-state index is 12.0. The van der Waals surface area contributed by atoms with Crippen molar-refractivity contribution in [2.75, 3.05) is 0 Å². The average Bonchev–Trinajstić information content (AvgIpc) is 3.13. The van der Waals surface area contributed by atoms with Crippen LogP contribution in [-0.2, 0) is 58.9 Å². The van der Waals surface area contributed by atoms with Crippen LogP contribution in [0.15, 0.2) is 48.5 Å². The normalized spacial score (nSPS) is 13.7. The molecule has 0 saturated carbocycles. The highest BCUT2D eigenvalue weighted by molar-refractivity contribution is 5.58. The van der Waals surface area contributed by atoms with E-state index in [1.54, 1.807) is 0 Å². The molecule has 0 aliphatic carbocycles. The van der Waals surface area contributed by atoms with E-state index < -0.39 is 21.7 Å². The maximum atomic E-state index is 12.0. The van der Waals surface area contributed by atoms with Gasteiger partial charge in [-0.15, -0.1) is 25.7 Å². The lowest BCUT2D eigenvalue weighted by Crippen LogP contribution is -2.17. The van der Waals surface area contributed by atoms with Crippen LogP contribution in [0, 0.1) is 49.4 Å². The summed E-state index contributed by atoms with van der Waals surface area (Å²) in [6, 6.07) is 14.9. The molecular formula is C49H50O5. The third-order valence-corrected chi connectivity index (χ3v) is 11.1. The number of fused-ring (bicyclic) bond motifs is 8. The van der Waals surface area contributed by atoms with E-state index in [4.69, 9.17) is 30.4 Å². The molecular weight excluding hydrogens is 669 g/mol. The minimum absolute atomic E-state index is 0.000378. The van der Waals surface area contributed by atoms with Crippen molar-refractivity contribution in [3.05, 3.63) is 115 Å². The van der Waals surface area contributed by atoms with Crippen LogP contribution in [-0.4, -0.2) is 20.4 Å². The number of hydrogen-bond donors (Lipinski definition) is 4. The highest BCUT2D eigenvalue weighted by atomic mass is 16.5. The summed E-state index contributed by atoms with van der Waals surface area (Å²) in [4.78, 5) is 0. The molecule has 5 rings (SSSR count). The van der Waals surface area contributed by atoms with Crippen LogP contribution in [0.25, 0.3) is 0 Å².